The minimum absolute atomic E-state index is 0.0487. The summed E-state index contributed by atoms with van der Waals surface area (Å²) in [6.07, 6.45) is 0. The lowest BCUT2D eigenvalue weighted by Gasteiger charge is -2.09. The van der Waals surface area contributed by atoms with Crippen molar-refractivity contribution in [3.8, 4) is 0 Å². The van der Waals surface area contributed by atoms with Crippen LogP contribution in [0.2, 0.25) is 10.0 Å². The van der Waals surface area contributed by atoms with Crippen LogP contribution in [-0.2, 0) is 10.0 Å². The Bertz CT molecular complexity index is 967. The smallest absolute Gasteiger partial charge is 0.263 e. The SMILES string of the molecule is Cc1nc2ccc(NS(=O)(=O)c3ccc(Cl)cc3Cl)cc2o1. The molecule has 5 nitrogen and oxygen atoms in total. The first-order valence-electron chi connectivity index (χ1n) is 6.20. The molecule has 0 saturated carbocycles. The number of nitrogens with zero attached hydrogens (tertiary/aromatic N) is 1. The Hall–Kier alpha value is -1.76. The molecule has 114 valence electrons. The molecule has 0 saturated heterocycles. The number of halogens is 2. The first kappa shape index (κ1) is 15.1. The van der Waals surface area contributed by atoms with Gasteiger partial charge in [-0.3, -0.25) is 4.72 Å². The van der Waals surface area contributed by atoms with Crippen LogP contribution < -0.4 is 4.72 Å². The lowest BCUT2D eigenvalue weighted by atomic mass is 10.3. The van der Waals surface area contributed by atoms with Gasteiger partial charge in [-0.25, -0.2) is 13.4 Å². The lowest BCUT2D eigenvalue weighted by molar-refractivity contribution is 0.561. The van der Waals surface area contributed by atoms with E-state index < -0.39 is 10.0 Å². The molecule has 2 aromatic carbocycles. The van der Waals surface area contributed by atoms with E-state index in [4.69, 9.17) is 27.6 Å². The summed E-state index contributed by atoms with van der Waals surface area (Å²) in [7, 11) is -3.83. The summed E-state index contributed by atoms with van der Waals surface area (Å²) >= 11 is 11.7. The van der Waals surface area contributed by atoms with Gasteiger partial charge in [-0.15, -0.1) is 0 Å². The number of nitrogens with one attached hydrogen (secondary N) is 1. The van der Waals surface area contributed by atoms with Crippen molar-refractivity contribution in [3.05, 3.63) is 52.3 Å². The number of aryl methyl sites for hydroxylation is 1. The van der Waals surface area contributed by atoms with E-state index in [-0.39, 0.29) is 9.92 Å². The van der Waals surface area contributed by atoms with Gasteiger partial charge >= 0.3 is 0 Å². The van der Waals surface area contributed by atoms with Gasteiger partial charge < -0.3 is 4.42 Å². The van der Waals surface area contributed by atoms with Crippen LogP contribution in [0.1, 0.15) is 5.89 Å². The van der Waals surface area contributed by atoms with E-state index in [1.54, 1.807) is 25.1 Å². The van der Waals surface area contributed by atoms with Gasteiger partial charge in [0, 0.05) is 18.0 Å². The summed E-state index contributed by atoms with van der Waals surface area (Å²) in [4.78, 5) is 4.10. The fourth-order valence-corrected chi connectivity index (χ4v) is 3.83. The zero-order chi connectivity index (χ0) is 15.9. The summed E-state index contributed by atoms with van der Waals surface area (Å²) in [5, 5.41) is 0.416. The Labute approximate surface area is 136 Å². The van der Waals surface area contributed by atoms with E-state index >= 15 is 0 Å². The van der Waals surface area contributed by atoms with Crippen LogP contribution in [0.5, 0.6) is 0 Å². The second kappa shape index (κ2) is 5.46. The minimum atomic E-state index is -3.83. The minimum Gasteiger partial charge on any atom is -0.441 e. The van der Waals surface area contributed by atoms with E-state index in [2.05, 4.69) is 9.71 Å². The van der Waals surface area contributed by atoms with Gasteiger partial charge in [-0.1, -0.05) is 23.2 Å². The molecule has 0 aliphatic carbocycles. The molecule has 0 spiro atoms. The third kappa shape index (κ3) is 2.90. The molecule has 0 bridgehead atoms. The van der Waals surface area contributed by atoms with Crippen LogP contribution in [0, 0.1) is 6.92 Å². The first-order chi connectivity index (χ1) is 10.3. The molecule has 0 aliphatic rings. The highest BCUT2D eigenvalue weighted by Crippen LogP contribution is 2.27. The standard InChI is InChI=1S/C14H10Cl2N2O3S/c1-8-17-12-4-3-10(7-13(12)21-8)18-22(19,20)14-5-2-9(15)6-11(14)16/h2-7,18H,1H3. The number of fused-ring (bicyclic) bond motifs is 1. The Morgan fingerprint density at radius 3 is 2.64 bits per heavy atom. The molecule has 1 heterocycles. The molecule has 1 N–H and O–H groups in total. The van der Waals surface area contributed by atoms with Crippen molar-refractivity contribution < 1.29 is 12.8 Å². The van der Waals surface area contributed by atoms with E-state index in [9.17, 15) is 8.42 Å². The average molecular weight is 357 g/mol. The molecule has 22 heavy (non-hydrogen) atoms. The van der Waals surface area contributed by atoms with Crippen molar-refractivity contribution in [1.82, 2.24) is 4.98 Å². The maximum atomic E-state index is 12.4. The number of anilines is 1. The van der Waals surface area contributed by atoms with Crippen LogP contribution in [0.25, 0.3) is 11.1 Å². The van der Waals surface area contributed by atoms with Gasteiger partial charge in [0.25, 0.3) is 10.0 Å². The normalized spacial score (nSPS) is 11.8. The van der Waals surface area contributed by atoms with Crippen LogP contribution in [0.3, 0.4) is 0 Å². The second-order valence-corrected chi connectivity index (χ2v) is 7.09. The fraction of sp³-hybridized carbons (Fsp3) is 0.0714. The maximum Gasteiger partial charge on any atom is 0.263 e. The number of rotatable bonds is 3. The molecule has 0 amide bonds. The topological polar surface area (TPSA) is 72.2 Å². The summed E-state index contributed by atoms with van der Waals surface area (Å²) in [5.74, 6) is 0.510. The quantitative estimate of drug-likeness (QED) is 0.761. The van der Waals surface area contributed by atoms with Crippen LogP contribution in [0.15, 0.2) is 45.7 Å². The number of benzene rings is 2. The first-order valence-corrected chi connectivity index (χ1v) is 8.44. The molecule has 3 aromatic rings. The number of hydrogen-bond donors (Lipinski definition) is 1. The third-order valence-corrected chi connectivity index (χ3v) is 5.03. The van der Waals surface area contributed by atoms with Crippen molar-refractivity contribution in [2.75, 3.05) is 4.72 Å². The molecule has 0 aliphatic heterocycles. The third-order valence-electron chi connectivity index (χ3n) is 2.93. The Morgan fingerprint density at radius 1 is 1.14 bits per heavy atom. The predicted molar refractivity (Wildman–Crippen MR) is 86.0 cm³/mol. The van der Waals surface area contributed by atoms with Crippen LogP contribution in [-0.4, -0.2) is 13.4 Å². The van der Waals surface area contributed by atoms with Gasteiger partial charge in [0.05, 0.1) is 10.7 Å². The van der Waals surface area contributed by atoms with Crippen LogP contribution in [0.4, 0.5) is 5.69 Å². The van der Waals surface area contributed by atoms with Crippen molar-refractivity contribution in [2.45, 2.75) is 11.8 Å². The Balaban J connectivity index is 1.98. The monoisotopic (exact) mass is 356 g/mol. The molecule has 8 heteroatoms. The van der Waals surface area contributed by atoms with Gasteiger partial charge in [0.1, 0.15) is 10.4 Å². The van der Waals surface area contributed by atoms with E-state index in [0.29, 0.717) is 27.7 Å². The number of aromatic nitrogens is 1. The molecule has 1 aromatic heterocycles. The molecule has 0 fully saturated rings. The molecular formula is C14H10Cl2N2O3S. The predicted octanol–water partition coefficient (Wildman–Crippen LogP) is 4.24. The highest BCUT2D eigenvalue weighted by atomic mass is 35.5. The highest BCUT2D eigenvalue weighted by molar-refractivity contribution is 7.92. The molecule has 0 atom stereocenters. The lowest BCUT2D eigenvalue weighted by Crippen LogP contribution is -2.13. The molecule has 0 unspecified atom stereocenters. The van der Waals surface area contributed by atoms with E-state index in [1.807, 2.05) is 0 Å². The number of oxazole rings is 1. The Kier molecular flexibility index (Phi) is 3.76. The largest absolute Gasteiger partial charge is 0.441 e. The molecular weight excluding hydrogens is 347 g/mol. The van der Waals surface area contributed by atoms with Crippen molar-refractivity contribution >= 4 is 50.0 Å². The van der Waals surface area contributed by atoms with Crippen molar-refractivity contribution in [1.29, 1.82) is 0 Å². The van der Waals surface area contributed by atoms with Gasteiger partial charge in [0.15, 0.2) is 11.5 Å². The maximum absolute atomic E-state index is 12.4. The second-order valence-electron chi connectivity index (χ2n) is 4.60. The number of sulfonamides is 1. The zero-order valence-electron chi connectivity index (χ0n) is 11.3. The summed E-state index contributed by atoms with van der Waals surface area (Å²) in [6.45, 7) is 1.72. The number of hydrogen-bond acceptors (Lipinski definition) is 4. The fourth-order valence-electron chi connectivity index (χ4n) is 2.01. The summed E-state index contributed by atoms with van der Waals surface area (Å²) in [5.41, 5.74) is 1.51. The molecule has 0 radical (unpaired) electrons. The summed E-state index contributed by atoms with van der Waals surface area (Å²) in [6, 6.07) is 9.03. The molecule has 3 rings (SSSR count). The zero-order valence-corrected chi connectivity index (χ0v) is 13.6. The van der Waals surface area contributed by atoms with Gasteiger partial charge in [0.2, 0.25) is 0 Å². The van der Waals surface area contributed by atoms with Crippen molar-refractivity contribution in [3.63, 3.8) is 0 Å². The highest BCUT2D eigenvalue weighted by Gasteiger charge is 2.18. The summed E-state index contributed by atoms with van der Waals surface area (Å²) < 4.78 is 32.6. The Morgan fingerprint density at radius 2 is 1.91 bits per heavy atom. The van der Waals surface area contributed by atoms with Crippen LogP contribution >= 0.6 is 23.2 Å². The average Bonchev–Trinajstić information content (AvgIpc) is 2.77. The van der Waals surface area contributed by atoms with E-state index in [0.717, 1.165) is 0 Å². The van der Waals surface area contributed by atoms with E-state index in [1.165, 1.54) is 18.2 Å². The van der Waals surface area contributed by atoms with Gasteiger partial charge in [-0.05, 0) is 30.3 Å². The van der Waals surface area contributed by atoms with Crippen molar-refractivity contribution in [2.24, 2.45) is 0 Å². The van der Waals surface area contributed by atoms with Gasteiger partial charge in [-0.2, -0.15) is 0 Å².